The van der Waals surface area contributed by atoms with E-state index in [1.807, 2.05) is 0 Å². The van der Waals surface area contributed by atoms with Crippen molar-refractivity contribution >= 4 is 45.4 Å². The van der Waals surface area contributed by atoms with Crippen molar-refractivity contribution in [2.75, 3.05) is 0 Å². The van der Waals surface area contributed by atoms with Crippen LogP contribution in [0.15, 0.2) is 60.7 Å². The fraction of sp³-hybridized carbons (Fsp3) is 0.455. The lowest BCUT2D eigenvalue weighted by molar-refractivity contribution is 0.172. The summed E-state index contributed by atoms with van der Waals surface area (Å²) in [6.07, 6.45) is 7.52. The zero-order chi connectivity index (χ0) is 16.8. The van der Waals surface area contributed by atoms with Gasteiger partial charge in [0.2, 0.25) is 0 Å². The Balaban J connectivity index is 0.00000169. The molecule has 0 saturated heterocycles. The lowest BCUT2D eigenvalue weighted by Crippen LogP contribution is -2.57. The van der Waals surface area contributed by atoms with Crippen LogP contribution in [0.4, 0.5) is 0 Å². The van der Waals surface area contributed by atoms with Gasteiger partial charge in [0.25, 0.3) is 0 Å². The predicted octanol–water partition coefficient (Wildman–Crippen LogP) is 4.44. The van der Waals surface area contributed by atoms with Crippen LogP contribution in [0.2, 0.25) is 12.6 Å². The molecule has 2 aromatic carbocycles. The van der Waals surface area contributed by atoms with E-state index in [0.29, 0.717) is 0 Å². The molecule has 0 heterocycles. The quantitative estimate of drug-likeness (QED) is 0.674. The lowest BCUT2D eigenvalue weighted by Gasteiger charge is -2.31. The van der Waals surface area contributed by atoms with Crippen LogP contribution in [-0.4, -0.2) is 19.3 Å². The van der Waals surface area contributed by atoms with E-state index in [2.05, 4.69) is 67.2 Å². The first kappa shape index (κ1) is 23.4. The van der Waals surface area contributed by atoms with Crippen LogP contribution in [0.1, 0.15) is 38.5 Å². The Morgan fingerprint density at radius 1 is 0.885 bits per heavy atom. The molecule has 144 valence electrons. The molecule has 0 aliphatic heterocycles. The topological polar surface area (TPSA) is 20.2 Å². The van der Waals surface area contributed by atoms with E-state index in [4.69, 9.17) is 0 Å². The van der Waals surface area contributed by atoms with Gasteiger partial charge in [0, 0.05) is 0 Å². The predicted molar refractivity (Wildman–Crippen MR) is 127 cm³/mol. The maximum Gasteiger partial charge on any atom is 0.117 e. The third-order valence-corrected chi connectivity index (χ3v) is 10.4. The van der Waals surface area contributed by atoms with Crippen molar-refractivity contribution in [3.8, 4) is 0 Å². The SMILES string of the molecule is C[Si](C[C@@H](O)CCC1CCCC1)(c1ccccc1)c1ccccc1.S.S. The minimum atomic E-state index is -1.89. The van der Waals surface area contributed by atoms with Crippen molar-refractivity contribution in [3.63, 3.8) is 0 Å². The third-order valence-electron chi connectivity index (χ3n) is 5.85. The number of benzene rings is 2. The Morgan fingerprint density at radius 2 is 1.35 bits per heavy atom. The van der Waals surface area contributed by atoms with Gasteiger partial charge >= 0.3 is 0 Å². The minimum Gasteiger partial charge on any atom is -0.393 e. The number of aliphatic hydroxyl groups excluding tert-OH is 1. The molecule has 0 amide bonds. The molecule has 2 aromatic rings. The molecule has 0 aromatic heterocycles. The summed E-state index contributed by atoms with van der Waals surface area (Å²) < 4.78 is 0. The third kappa shape index (κ3) is 5.91. The smallest absolute Gasteiger partial charge is 0.117 e. The van der Waals surface area contributed by atoms with Crippen molar-refractivity contribution in [2.45, 2.75) is 57.2 Å². The summed E-state index contributed by atoms with van der Waals surface area (Å²) in [4.78, 5) is 0. The standard InChI is InChI=1S/C22H30OSi.2H2S/c1-24(21-12-4-2-5-13-21,22-14-6-3-7-15-22)18-20(23)17-16-19-10-8-9-11-19;;/h2-7,12-15,19-20,23H,8-11,16-18H2,1H3;2*1H2/t20-;;/m0../s1. The second kappa shape index (κ2) is 11.2. The van der Waals surface area contributed by atoms with Gasteiger partial charge in [0.1, 0.15) is 8.07 Å². The van der Waals surface area contributed by atoms with E-state index in [-0.39, 0.29) is 33.1 Å². The van der Waals surface area contributed by atoms with E-state index < -0.39 is 8.07 Å². The molecule has 1 nitrogen and oxygen atoms in total. The van der Waals surface area contributed by atoms with Gasteiger partial charge in [-0.05, 0) is 24.8 Å². The number of aliphatic hydroxyl groups is 1. The maximum absolute atomic E-state index is 10.8. The van der Waals surface area contributed by atoms with Crippen LogP contribution < -0.4 is 10.4 Å². The molecule has 1 saturated carbocycles. The fourth-order valence-electron chi connectivity index (χ4n) is 4.31. The number of hydrogen-bond acceptors (Lipinski definition) is 1. The first-order valence-electron chi connectivity index (χ1n) is 9.47. The Morgan fingerprint density at radius 3 is 1.81 bits per heavy atom. The highest BCUT2D eigenvalue weighted by Crippen LogP contribution is 2.30. The Labute approximate surface area is 174 Å². The molecular weight excluding hydrogens is 372 g/mol. The van der Waals surface area contributed by atoms with Crippen molar-refractivity contribution < 1.29 is 5.11 Å². The van der Waals surface area contributed by atoms with Gasteiger partial charge < -0.3 is 5.11 Å². The van der Waals surface area contributed by atoms with E-state index in [0.717, 1.165) is 18.4 Å². The van der Waals surface area contributed by atoms with Gasteiger partial charge in [-0.15, -0.1) is 0 Å². The molecule has 1 aliphatic rings. The summed E-state index contributed by atoms with van der Waals surface area (Å²) in [5.41, 5.74) is 0. The molecule has 0 spiro atoms. The van der Waals surface area contributed by atoms with Crippen LogP contribution in [-0.2, 0) is 0 Å². The monoisotopic (exact) mass is 406 g/mol. The van der Waals surface area contributed by atoms with Gasteiger partial charge in [-0.3, -0.25) is 0 Å². The van der Waals surface area contributed by atoms with Crippen molar-refractivity contribution in [2.24, 2.45) is 5.92 Å². The Kier molecular flexibility index (Phi) is 10.1. The Bertz CT molecular complexity index is 575. The second-order valence-corrected chi connectivity index (χ2v) is 11.9. The summed E-state index contributed by atoms with van der Waals surface area (Å²) in [6.45, 7) is 2.41. The fourth-order valence-corrected chi connectivity index (χ4v) is 8.12. The Hall–Kier alpha value is -0.683. The van der Waals surface area contributed by atoms with Gasteiger partial charge in [-0.2, -0.15) is 27.0 Å². The van der Waals surface area contributed by atoms with Gasteiger partial charge in [0.15, 0.2) is 0 Å². The normalized spacial score (nSPS) is 15.8. The highest BCUT2D eigenvalue weighted by atomic mass is 32.1. The van der Waals surface area contributed by atoms with Gasteiger partial charge in [-0.1, -0.05) is 103 Å². The molecule has 1 atom stereocenters. The summed E-state index contributed by atoms with van der Waals surface area (Å²) in [6, 6.07) is 22.6. The highest BCUT2D eigenvalue weighted by molar-refractivity contribution is 7.59. The highest BCUT2D eigenvalue weighted by Gasteiger charge is 2.34. The van der Waals surface area contributed by atoms with Crippen LogP contribution in [0, 0.1) is 5.92 Å². The maximum atomic E-state index is 10.8. The zero-order valence-electron chi connectivity index (χ0n) is 15.8. The van der Waals surface area contributed by atoms with Crippen LogP contribution in [0.25, 0.3) is 0 Å². The molecule has 0 radical (unpaired) electrons. The van der Waals surface area contributed by atoms with E-state index in [1.54, 1.807) is 0 Å². The average molecular weight is 407 g/mol. The summed E-state index contributed by atoms with van der Waals surface area (Å²) in [5, 5.41) is 13.7. The zero-order valence-corrected chi connectivity index (χ0v) is 18.8. The summed E-state index contributed by atoms with van der Waals surface area (Å²) in [7, 11) is -1.89. The van der Waals surface area contributed by atoms with Crippen molar-refractivity contribution in [1.29, 1.82) is 0 Å². The second-order valence-electron chi connectivity index (χ2n) is 7.65. The lowest BCUT2D eigenvalue weighted by atomic mass is 10.0. The largest absolute Gasteiger partial charge is 0.393 e. The minimum absolute atomic E-state index is 0. The number of hydrogen-bond donors (Lipinski definition) is 1. The molecule has 26 heavy (non-hydrogen) atoms. The van der Waals surface area contributed by atoms with Crippen molar-refractivity contribution in [3.05, 3.63) is 60.7 Å². The van der Waals surface area contributed by atoms with E-state index in [1.165, 1.54) is 42.5 Å². The van der Waals surface area contributed by atoms with Gasteiger partial charge in [0.05, 0.1) is 6.10 Å². The molecule has 3 rings (SSSR count). The van der Waals surface area contributed by atoms with Crippen LogP contribution in [0.3, 0.4) is 0 Å². The first-order chi connectivity index (χ1) is 11.7. The number of rotatable bonds is 7. The van der Waals surface area contributed by atoms with Crippen LogP contribution in [0.5, 0.6) is 0 Å². The first-order valence-corrected chi connectivity index (χ1v) is 12.2. The molecular formula is C22H34OS2Si. The molecule has 1 fully saturated rings. The molecule has 0 unspecified atom stereocenters. The molecule has 0 bridgehead atoms. The van der Waals surface area contributed by atoms with Gasteiger partial charge in [-0.25, -0.2) is 0 Å². The van der Waals surface area contributed by atoms with Crippen LogP contribution >= 0.6 is 27.0 Å². The molecule has 1 N–H and O–H groups in total. The van der Waals surface area contributed by atoms with Crippen molar-refractivity contribution in [1.82, 2.24) is 0 Å². The van der Waals surface area contributed by atoms with E-state index in [9.17, 15) is 5.11 Å². The van der Waals surface area contributed by atoms with E-state index >= 15 is 0 Å². The average Bonchev–Trinajstić information content (AvgIpc) is 3.15. The summed E-state index contributed by atoms with van der Waals surface area (Å²) in [5.74, 6) is 0.862. The summed E-state index contributed by atoms with van der Waals surface area (Å²) >= 11 is 0. The molecule has 4 heteroatoms. The molecule has 1 aliphatic carbocycles.